The maximum absolute atomic E-state index is 4.59. The number of nitrogens with zero attached hydrogens (tertiary/aromatic N) is 2. The second-order valence-electron chi connectivity index (χ2n) is 5.09. The molecule has 5 heteroatoms. The van der Waals surface area contributed by atoms with E-state index in [2.05, 4.69) is 40.5 Å². The highest BCUT2D eigenvalue weighted by molar-refractivity contribution is 7.18. The number of hydrogen-bond acceptors (Lipinski definition) is 5. The predicted octanol–water partition coefficient (Wildman–Crippen LogP) is 3.51. The van der Waals surface area contributed by atoms with Crippen molar-refractivity contribution in [1.82, 2.24) is 9.97 Å². The second kappa shape index (κ2) is 4.96. The highest BCUT2D eigenvalue weighted by Crippen LogP contribution is 2.38. The molecule has 0 aromatic carbocycles. The predicted molar refractivity (Wildman–Crippen MR) is 82.1 cm³/mol. The minimum atomic E-state index is 0.595. The van der Waals surface area contributed by atoms with Crippen LogP contribution in [0.25, 0.3) is 10.2 Å². The van der Waals surface area contributed by atoms with E-state index in [4.69, 9.17) is 0 Å². The summed E-state index contributed by atoms with van der Waals surface area (Å²) < 4.78 is 0. The van der Waals surface area contributed by atoms with Crippen LogP contribution in [0.4, 0.5) is 11.8 Å². The van der Waals surface area contributed by atoms with Crippen molar-refractivity contribution >= 4 is 33.3 Å². The van der Waals surface area contributed by atoms with Gasteiger partial charge < -0.3 is 10.6 Å². The van der Waals surface area contributed by atoms with Gasteiger partial charge >= 0.3 is 0 Å². The summed E-state index contributed by atoms with van der Waals surface area (Å²) in [6, 6.07) is 2.82. The highest BCUT2D eigenvalue weighted by Gasteiger charge is 2.35. The summed E-state index contributed by atoms with van der Waals surface area (Å²) in [4.78, 5) is 11.6. The van der Waals surface area contributed by atoms with E-state index >= 15 is 0 Å². The Hall–Kier alpha value is -1.36. The molecule has 3 rings (SSSR count). The van der Waals surface area contributed by atoms with Gasteiger partial charge in [0.1, 0.15) is 10.6 Å². The first-order valence-electron chi connectivity index (χ1n) is 6.99. The molecule has 2 heterocycles. The van der Waals surface area contributed by atoms with Gasteiger partial charge in [0.2, 0.25) is 5.95 Å². The quantitative estimate of drug-likeness (QED) is 0.877. The lowest BCUT2D eigenvalue weighted by Crippen LogP contribution is -2.08. The first-order chi connectivity index (χ1) is 9.25. The van der Waals surface area contributed by atoms with Gasteiger partial charge in [-0.05, 0) is 24.8 Å². The van der Waals surface area contributed by atoms with E-state index in [9.17, 15) is 0 Å². The Balaban J connectivity index is 1.97. The molecule has 2 atom stereocenters. The molecule has 0 spiro atoms. The SMILES string of the molecule is CCc1cc2c(NC3CC3CC)nc(NC)nc2s1. The third kappa shape index (κ3) is 2.39. The molecule has 0 amide bonds. The molecular weight excluding hydrogens is 256 g/mol. The van der Waals surface area contributed by atoms with E-state index in [0.29, 0.717) is 12.0 Å². The number of nitrogens with one attached hydrogen (secondary N) is 2. The topological polar surface area (TPSA) is 49.8 Å². The fourth-order valence-electron chi connectivity index (χ4n) is 2.42. The Kier molecular flexibility index (Phi) is 3.31. The molecule has 2 N–H and O–H groups in total. The molecule has 0 radical (unpaired) electrons. The average Bonchev–Trinajstić information content (AvgIpc) is 3.04. The van der Waals surface area contributed by atoms with E-state index in [1.165, 1.54) is 23.1 Å². The minimum Gasteiger partial charge on any atom is -0.366 e. The van der Waals surface area contributed by atoms with Gasteiger partial charge in [-0.25, -0.2) is 4.98 Å². The average molecular weight is 276 g/mol. The molecule has 0 bridgehead atoms. The lowest BCUT2D eigenvalue weighted by atomic mass is 10.3. The van der Waals surface area contributed by atoms with Gasteiger partial charge in [-0.1, -0.05) is 20.3 Å². The summed E-state index contributed by atoms with van der Waals surface area (Å²) in [6.45, 7) is 4.43. The van der Waals surface area contributed by atoms with E-state index < -0.39 is 0 Å². The first-order valence-corrected chi connectivity index (χ1v) is 7.81. The van der Waals surface area contributed by atoms with Gasteiger partial charge in [-0.3, -0.25) is 0 Å². The number of hydrogen-bond donors (Lipinski definition) is 2. The summed E-state index contributed by atoms with van der Waals surface area (Å²) in [7, 11) is 1.87. The molecule has 19 heavy (non-hydrogen) atoms. The molecule has 0 aliphatic heterocycles. The van der Waals surface area contributed by atoms with Crippen LogP contribution in [0.15, 0.2) is 6.07 Å². The number of aryl methyl sites for hydroxylation is 1. The Morgan fingerprint density at radius 3 is 2.84 bits per heavy atom. The van der Waals surface area contributed by atoms with Crippen LogP contribution < -0.4 is 10.6 Å². The van der Waals surface area contributed by atoms with E-state index in [0.717, 1.165) is 23.0 Å². The van der Waals surface area contributed by atoms with Crippen LogP contribution in [0.3, 0.4) is 0 Å². The number of aromatic nitrogens is 2. The highest BCUT2D eigenvalue weighted by atomic mass is 32.1. The number of anilines is 2. The molecule has 1 aliphatic rings. The zero-order valence-electron chi connectivity index (χ0n) is 11.7. The van der Waals surface area contributed by atoms with Crippen molar-refractivity contribution < 1.29 is 0 Å². The number of fused-ring (bicyclic) bond motifs is 1. The Morgan fingerprint density at radius 1 is 1.37 bits per heavy atom. The largest absolute Gasteiger partial charge is 0.366 e. The second-order valence-corrected chi connectivity index (χ2v) is 6.20. The van der Waals surface area contributed by atoms with Crippen LogP contribution in [-0.2, 0) is 6.42 Å². The van der Waals surface area contributed by atoms with Crippen molar-refractivity contribution in [2.45, 2.75) is 39.2 Å². The van der Waals surface area contributed by atoms with Crippen molar-refractivity contribution in [3.05, 3.63) is 10.9 Å². The van der Waals surface area contributed by atoms with Crippen LogP contribution >= 0.6 is 11.3 Å². The van der Waals surface area contributed by atoms with Crippen molar-refractivity contribution in [2.24, 2.45) is 5.92 Å². The molecule has 4 nitrogen and oxygen atoms in total. The molecule has 2 aromatic heterocycles. The van der Waals surface area contributed by atoms with Gasteiger partial charge in [0, 0.05) is 18.0 Å². The molecule has 102 valence electrons. The summed E-state index contributed by atoms with van der Waals surface area (Å²) in [6.07, 6.45) is 3.56. The van der Waals surface area contributed by atoms with Gasteiger partial charge in [-0.2, -0.15) is 4.98 Å². The van der Waals surface area contributed by atoms with Crippen LogP contribution in [0.1, 0.15) is 31.6 Å². The van der Waals surface area contributed by atoms with Gasteiger partial charge in [0.15, 0.2) is 0 Å². The number of thiophene rings is 1. The Labute approximate surface area is 117 Å². The molecule has 0 saturated heterocycles. The molecule has 1 aliphatic carbocycles. The normalized spacial score (nSPS) is 21.6. The zero-order valence-corrected chi connectivity index (χ0v) is 12.5. The fourth-order valence-corrected chi connectivity index (χ4v) is 3.39. The lowest BCUT2D eigenvalue weighted by molar-refractivity contribution is 0.774. The van der Waals surface area contributed by atoms with Crippen LogP contribution in [0.2, 0.25) is 0 Å². The third-order valence-electron chi connectivity index (χ3n) is 3.78. The van der Waals surface area contributed by atoms with Crippen LogP contribution in [0.5, 0.6) is 0 Å². The first kappa shape index (κ1) is 12.7. The lowest BCUT2D eigenvalue weighted by Gasteiger charge is -2.07. The summed E-state index contributed by atoms with van der Waals surface area (Å²) in [5, 5.41) is 7.81. The zero-order chi connectivity index (χ0) is 13.4. The maximum atomic E-state index is 4.59. The fraction of sp³-hybridized carbons (Fsp3) is 0.571. The smallest absolute Gasteiger partial charge is 0.225 e. The Morgan fingerprint density at radius 2 is 2.21 bits per heavy atom. The molecule has 2 unspecified atom stereocenters. The van der Waals surface area contributed by atoms with Gasteiger partial charge in [0.05, 0.1) is 5.39 Å². The standard InChI is InChI=1S/C14H20N4S/c1-4-8-6-11(8)16-12-10-7-9(5-2)19-13(10)18-14(15-3)17-12/h7-8,11H,4-6H2,1-3H3,(H2,15,16,17,18). The van der Waals surface area contributed by atoms with Gasteiger partial charge in [0.25, 0.3) is 0 Å². The number of rotatable bonds is 5. The Bertz CT molecular complexity index is 592. The van der Waals surface area contributed by atoms with Crippen LogP contribution in [-0.4, -0.2) is 23.1 Å². The maximum Gasteiger partial charge on any atom is 0.225 e. The van der Waals surface area contributed by atoms with Gasteiger partial charge in [-0.15, -0.1) is 11.3 Å². The van der Waals surface area contributed by atoms with Crippen molar-refractivity contribution in [3.63, 3.8) is 0 Å². The third-order valence-corrected chi connectivity index (χ3v) is 4.96. The summed E-state index contributed by atoms with van der Waals surface area (Å²) in [5.41, 5.74) is 0. The molecule has 1 fully saturated rings. The summed E-state index contributed by atoms with van der Waals surface area (Å²) >= 11 is 1.76. The van der Waals surface area contributed by atoms with Crippen molar-refractivity contribution in [3.8, 4) is 0 Å². The van der Waals surface area contributed by atoms with Crippen LogP contribution in [0, 0.1) is 5.92 Å². The van der Waals surface area contributed by atoms with E-state index in [-0.39, 0.29) is 0 Å². The molecular formula is C14H20N4S. The monoisotopic (exact) mass is 276 g/mol. The molecule has 2 aromatic rings. The van der Waals surface area contributed by atoms with Crippen molar-refractivity contribution in [1.29, 1.82) is 0 Å². The van der Waals surface area contributed by atoms with E-state index in [1.54, 1.807) is 11.3 Å². The minimum absolute atomic E-state index is 0.595. The van der Waals surface area contributed by atoms with E-state index in [1.807, 2.05) is 7.05 Å². The van der Waals surface area contributed by atoms with Crippen molar-refractivity contribution in [2.75, 3.05) is 17.7 Å². The molecule has 1 saturated carbocycles. The summed E-state index contributed by atoms with van der Waals surface area (Å²) in [5.74, 6) is 2.51.